The van der Waals surface area contributed by atoms with Gasteiger partial charge in [0.05, 0.1) is 12.5 Å². The maximum absolute atomic E-state index is 12.2. The van der Waals surface area contributed by atoms with E-state index >= 15 is 0 Å². The average Bonchev–Trinajstić information content (AvgIpc) is 2.47. The molecule has 0 saturated heterocycles. The Kier molecular flexibility index (Phi) is 6.88. The van der Waals surface area contributed by atoms with Crippen LogP contribution in [0, 0.1) is 5.92 Å². The van der Waals surface area contributed by atoms with E-state index in [9.17, 15) is 9.59 Å². The lowest BCUT2D eigenvalue weighted by molar-refractivity contribution is -0.142. The highest BCUT2D eigenvalue weighted by Gasteiger charge is 2.18. The topological polar surface area (TPSA) is 60.9 Å². The third-order valence-electron chi connectivity index (χ3n) is 3.45. The molecule has 1 unspecified atom stereocenters. The number of rotatable bonds is 8. The number of carboxylic acids is 1. The largest absolute Gasteiger partial charge is 0.481 e. The molecule has 0 fully saturated rings. The molecule has 0 heterocycles. The molecular formula is C16H24N2O3. The number of carbonyl (C=O) groups is 2. The van der Waals surface area contributed by atoms with Gasteiger partial charge in [-0.3, -0.25) is 14.5 Å². The van der Waals surface area contributed by atoms with Gasteiger partial charge in [0.1, 0.15) is 0 Å². The number of likely N-dealkylation sites (N-methyl/N-ethyl adjacent to an activating group) is 2. The zero-order chi connectivity index (χ0) is 15.8. The number of benzene rings is 1. The molecule has 1 rings (SSSR count). The first-order chi connectivity index (χ1) is 9.93. The Labute approximate surface area is 126 Å². The number of amides is 1. The Morgan fingerprint density at radius 1 is 1.24 bits per heavy atom. The van der Waals surface area contributed by atoms with Crippen LogP contribution in [0.25, 0.3) is 0 Å². The molecule has 1 amide bonds. The van der Waals surface area contributed by atoms with Crippen molar-refractivity contribution in [2.75, 3.05) is 26.7 Å². The van der Waals surface area contributed by atoms with Crippen LogP contribution < -0.4 is 0 Å². The van der Waals surface area contributed by atoms with E-state index in [1.807, 2.05) is 42.2 Å². The summed E-state index contributed by atoms with van der Waals surface area (Å²) in [6.07, 6.45) is 0. The van der Waals surface area contributed by atoms with Gasteiger partial charge in [0.15, 0.2) is 0 Å². The van der Waals surface area contributed by atoms with Crippen molar-refractivity contribution in [1.29, 1.82) is 0 Å². The summed E-state index contributed by atoms with van der Waals surface area (Å²) >= 11 is 0. The van der Waals surface area contributed by atoms with Crippen LogP contribution in [0.3, 0.4) is 0 Å². The fourth-order valence-corrected chi connectivity index (χ4v) is 2.03. The first-order valence-corrected chi connectivity index (χ1v) is 7.17. The molecule has 1 atom stereocenters. The third-order valence-corrected chi connectivity index (χ3v) is 3.45. The van der Waals surface area contributed by atoms with Crippen LogP contribution >= 0.6 is 0 Å². The fraction of sp³-hybridized carbons (Fsp3) is 0.500. The SMILES string of the molecule is CCN(CC(=O)N(C)Cc1ccccc1)CC(C)C(=O)O. The first-order valence-electron chi connectivity index (χ1n) is 7.17. The number of carboxylic acid groups (broad SMARTS) is 1. The van der Waals surface area contributed by atoms with E-state index in [1.165, 1.54) is 0 Å². The van der Waals surface area contributed by atoms with Gasteiger partial charge in [0.2, 0.25) is 5.91 Å². The van der Waals surface area contributed by atoms with Gasteiger partial charge in [-0.05, 0) is 12.1 Å². The maximum atomic E-state index is 12.2. The minimum atomic E-state index is -0.835. The van der Waals surface area contributed by atoms with Crippen LogP contribution in [0.15, 0.2) is 30.3 Å². The summed E-state index contributed by atoms with van der Waals surface area (Å²) in [5.74, 6) is -1.31. The molecule has 1 N–H and O–H groups in total. The highest BCUT2D eigenvalue weighted by atomic mass is 16.4. The Morgan fingerprint density at radius 3 is 2.38 bits per heavy atom. The molecule has 0 bridgehead atoms. The van der Waals surface area contributed by atoms with Crippen LogP contribution in [0.2, 0.25) is 0 Å². The van der Waals surface area contributed by atoms with Gasteiger partial charge in [-0.15, -0.1) is 0 Å². The number of aliphatic carboxylic acids is 1. The van der Waals surface area contributed by atoms with Crippen LogP contribution in [-0.2, 0) is 16.1 Å². The Balaban J connectivity index is 2.51. The van der Waals surface area contributed by atoms with Crippen molar-refractivity contribution in [3.8, 4) is 0 Å². The van der Waals surface area contributed by atoms with Crippen LogP contribution in [-0.4, -0.2) is 53.5 Å². The second-order valence-corrected chi connectivity index (χ2v) is 5.30. The molecule has 0 radical (unpaired) electrons. The highest BCUT2D eigenvalue weighted by molar-refractivity contribution is 5.78. The molecule has 0 saturated carbocycles. The summed E-state index contributed by atoms with van der Waals surface area (Å²) in [6, 6.07) is 9.79. The standard InChI is InChI=1S/C16H24N2O3/c1-4-18(10-13(2)16(20)21)12-15(19)17(3)11-14-8-6-5-7-9-14/h5-9,13H,4,10-12H2,1-3H3,(H,20,21). The van der Waals surface area contributed by atoms with E-state index < -0.39 is 11.9 Å². The lowest BCUT2D eigenvalue weighted by Crippen LogP contribution is -2.40. The Bertz CT molecular complexity index is 462. The smallest absolute Gasteiger partial charge is 0.307 e. The quantitative estimate of drug-likeness (QED) is 0.792. The van der Waals surface area contributed by atoms with Crippen LogP contribution in [0.4, 0.5) is 0 Å². The van der Waals surface area contributed by atoms with Gasteiger partial charge in [-0.2, -0.15) is 0 Å². The van der Waals surface area contributed by atoms with Crippen molar-refractivity contribution in [2.24, 2.45) is 5.92 Å². The van der Waals surface area contributed by atoms with Gasteiger partial charge in [-0.1, -0.05) is 44.2 Å². The highest BCUT2D eigenvalue weighted by Crippen LogP contribution is 2.05. The minimum Gasteiger partial charge on any atom is -0.481 e. The lowest BCUT2D eigenvalue weighted by Gasteiger charge is -2.25. The van der Waals surface area contributed by atoms with E-state index in [-0.39, 0.29) is 12.5 Å². The van der Waals surface area contributed by atoms with Gasteiger partial charge in [0.25, 0.3) is 0 Å². The van der Waals surface area contributed by atoms with Crippen molar-refractivity contribution in [3.63, 3.8) is 0 Å². The van der Waals surface area contributed by atoms with Crippen molar-refractivity contribution in [2.45, 2.75) is 20.4 Å². The number of hydrogen-bond donors (Lipinski definition) is 1. The number of carbonyl (C=O) groups excluding carboxylic acids is 1. The summed E-state index contributed by atoms with van der Waals surface area (Å²) in [5, 5.41) is 8.94. The van der Waals surface area contributed by atoms with Crippen molar-refractivity contribution < 1.29 is 14.7 Å². The second-order valence-electron chi connectivity index (χ2n) is 5.30. The van der Waals surface area contributed by atoms with Gasteiger partial charge >= 0.3 is 5.97 Å². The monoisotopic (exact) mass is 292 g/mol. The first kappa shape index (κ1) is 17.2. The van der Waals surface area contributed by atoms with Gasteiger partial charge in [0, 0.05) is 20.1 Å². The summed E-state index contributed by atoms with van der Waals surface area (Å²) < 4.78 is 0. The summed E-state index contributed by atoms with van der Waals surface area (Å²) in [6.45, 7) is 5.44. The predicted molar refractivity (Wildman–Crippen MR) is 81.8 cm³/mol. The average molecular weight is 292 g/mol. The van der Waals surface area contributed by atoms with E-state index in [2.05, 4.69) is 0 Å². The van der Waals surface area contributed by atoms with Crippen molar-refractivity contribution in [1.82, 2.24) is 9.80 Å². The zero-order valence-electron chi connectivity index (χ0n) is 13.0. The normalized spacial score (nSPS) is 12.2. The molecule has 5 heteroatoms. The minimum absolute atomic E-state index is 0.00158. The molecule has 5 nitrogen and oxygen atoms in total. The van der Waals surface area contributed by atoms with E-state index in [1.54, 1.807) is 18.9 Å². The molecule has 1 aromatic rings. The van der Waals surface area contributed by atoms with Crippen molar-refractivity contribution in [3.05, 3.63) is 35.9 Å². The Hall–Kier alpha value is -1.88. The molecule has 1 aromatic carbocycles. The maximum Gasteiger partial charge on any atom is 0.307 e. The fourth-order valence-electron chi connectivity index (χ4n) is 2.03. The molecule has 0 aliphatic carbocycles. The third kappa shape index (κ3) is 5.95. The zero-order valence-corrected chi connectivity index (χ0v) is 13.0. The molecule has 0 spiro atoms. The second kappa shape index (κ2) is 8.42. The van der Waals surface area contributed by atoms with E-state index in [0.29, 0.717) is 19.6 Å². The summed E-state index contributed by atoms with van der Waals surface area (Å²) in [4.78, 5) is 26.6. The molecule has 0 aliphatic rings. The van der Waals surface area contributed by atoms with E-state index in [0.717, 1.165) is 5.56 Å². The lowest BCUT2D eigenvalue weighted by atomic mass is 10.1. The number of nitrogens with zero attached hydrogens (tertiary/aromatic N) is 2. The molecular weight excluding hydrogens is 268 g/mol. The molecule has 21 heavy (non-hydrogen) atoms. The summed E-state index contributed by atoms with van der Waals surface area (Å²) in [7, 11) is 1.77. The van der Waals surface area contributed by atoms with Gasteiger partial charge in [-0.25, -0.2) is 0 Å². The van der Waals surface area contributed by atoms with Crippen LogP contribution in [0.1, 0.15) is 19.4 Å². The Morgan fingerprint density at radius 2 is 1.86 bits per heavy atom. The predicted octanol–water partition coefficient (Wildman–Crippen LogP) is 1.69. The number of hydrogen-bond acceptors (Lipinski definition) is 3. The molecule has 0 aliphatic heterocycles. The van der Waals surface area contributed by atoms with Crippen molar-refractivity contribution >= 4 is 11.9 Å². The molecule has 0 aromatic heterocycles. The van der Waals surface area contributed by atoms with Crippen LogP contribution in [0.5, 0.6) is 0 Å². The van der Waals surface area contributed by atoms with Gasteiger partial charge < -0.3 is 10.0 Å². The van der Waals surface area contributed by atoms with E-state index in [4.69, 9.17) is 5.11 Å². The summed E-state index contributed by atoms with van der Waals surface area (Å²) in [5.41, 5.74) is 1.08. The molecule has 116 valence electrons.